The average Bonchev–Trinajstić information content (AvgIpc) is 2.74. The number of anilines is 1. The first kappa shape index (κ1) is 19.8. The van der Waals surface area contributed by atoms with E-state index in [0.29, 0.717) is 21.8 Å². The summed E-state index contributed by atoms with van der Waals surface area (Å²) in [4.78, 5) is 25.3. The summed E-state index contributed by atoms with van der Waals surface area (Å²) < 4.78 is 0. The first-order valence-electron chi connectivity index (χ1n) is 9.02. The molecule has 28 heavy (non-hydrogen) atoms. The molecule has 3 aromatic carbocycles. The van der Waals surface area contributed by atoms with E-state index in [0.717, 1.165) is 5.56 Å². The Hall–Kier alpha value is -2.95. The van der Waals surface area contributed by atoms with Gasteiger partial charge in [0.05, 0.1) is 12.2 Å². The SMILES string of the molecule is C[C@@H](NCC(=O)Nc1ccc(Cl)cc1C(=O)c1ccccc1)c1ccccc1. The van der Waals surface area contributed by atoms with Crippen LogP contribution in [0.3, 0.4) is 0 Å². The van der Waals surface area contributed by atoms with E-state index in [-0.39, 0.29) is 24.3 Å². The second-order valence-electron chi connectivity index (χ2n) is 6.45. The monoisotopic (exact) mass is 392 g/mol. The van der Waals surface area contributed by atoms with Gasteiger partial charge in [-0.2, -0.15) is 0 Å². The van der Waals surface area contributed by atoms with E-state index in [1.165, 1.54) is 0 Å². The molecule has 0 unspecified atom stereocenters. The lowest BCUT2D eigenvalue weighted by atomic mass is 10.0. The third-order valence-corrected chi connectivity index (χ3v) is 4.64. The van der Waals surface area contributed by atoms with Crippen LogP contribution in [0, 0.1) is 0 Å². The zero-order valence-corrected chi connectivity index (χ0v) is 16.2. The molecule has 3 aromatic rings. The molecule has 3 rings (SSSR count). The average molecular weight is 393 g/mol. The normalized spacial score (nSPS) is 11.6. The Morgan fingerprint density at radius 3 is 2.25 bits per heavy atom. The molecule has 0 radical (unpaired) electrons. The van der Waals surface area contributed by atoms with Crippen molar-refractivity contribution < 1.29 is 9.59 Å². The predicted molar refractivity (Wildman–Crippen MR) is 113 cm³/mol. The first-order valence-corrected chi connectivity index (χ1v) is 9.40. The maximum absolute atomic E-state index is 12.8. The van der Waals surface area contributed by atoms with Crippen LogP contribution in [0.25, 0.3) is 0 Å². The van der Waals surface area contributed by atoms with Crippen LogP contribution in [0.5, 0.6) is 0 Å². The van der Waals surface area contributed by atoms with Gasteiger partial charge in [-0.05, 0) is 30.7 Å². The van der Waals surface area contributed by atoms with E-state index < -0.39 is 0 Å². The highest BCUT2D eigenvalue weighted by Crippen LogP contribution is 2.23. The minimum Gasteiger partial charge on any atom is -0.324 e. The third kappa shape index (κ3) is 5.06. The van der Waals surface area contributed by atoms with E-state index in [2.05, 4.69) is 10.6 Å². The van der Waals surface area contributed by atoms with Gasteiger partial charge in [-0.3, -0.25) is 9.59 Å². The lowest BCUT2D eigenvalue weighted by Crippen LogP contribution is -2.30. The molecule has 1 atom stereocenters. The van der Waals surface area contributed by atoms with Crippen LogP contribution in [0.1, 0.15) is 34.5 Å². The minimum atomic E-state index is -0.229. The molecule has 0 saturated carbocycles. The molecule has 0 bridgehead atoms. The Morgan fingerprint density at radius 1 is 0.929 bits per heavy atom. The van der Waals surface area contributed by atoms with E-state index in [4.69, 9.17) is 11.6 Å². The summed E-state index contributed by atoms with van der Waals surface area (Å²) in [6, 6.07) is 23.7. The highest BCUT2D eigenvalue weighted by atomic mass is 35.5. The van der Waals surface area contributed by atoms with Crippen LogP contribution in [0.15, 0.2) is 78.9 Å². The zero-order chi connectivity index (χ0) is 19.9. The fourth-order valence-electron chi connectivity index (χ4n) is 2.86. The van der Waals surface area contributed by atoms with Crippen molar-refractivity contribution in [3.63, 3.8) is 0 Å². The Labute approximate surface area is 169 Å². The standard InChI is InChI=1S/C23H21ClN2O2/c1-16(17-8-4-2-5-9-17)25-15-22(27)26-21-13-12-19(24)14-20(21)23(28)18-10-6-3-7-11-18/h2-14,16,25H,15H2,1H3,(H,26,27)/t16-/m1/s1. The Balaban J connectivity index is 1.70. The van der Waals surface area contributed by atoms with Crippen molar-refractivity contribution in [2.75, 3.05) is 11.9 Å². The second kappa shape index (κ2) is 9.31. The molecule has 4 nitrogen and oxygen atoms in total. The van der Waals surface area contributed by atoms with Crippen LogP contribution < -0.4 is 10.6 Å². The van der Waals surface area contributed by atoms with Crippen LogP contribution in [-0.2, 0) is 4.79 Å². The molecule has 0 spiro atoms. The second-order valence-corrected chi connectivity index (χ2v) is 6.88. The number of carbonyl (C=O) groups excluding carboxylic acids is 2. The molecule has 2 N–H and O–H groups in total. The minimum absolute atomic E-state index is 0.0302. The van der Waals surface area contributed by atoms with Crippen LogP contribution >= 0.6 is 11.6 Å². The Morgan fingerprint density at radius 2 is 1.57 bits per heavy atom. The van der Waals surface area contributed by atoms with Crippen LogP contribution in [0.2, 0.25) is 5.02 Å². The predicted octanol–water partition coefficient (Wildman–Crippen LogP) is 4.86. The molecule has 0 aromatic heterocycles. The molecular weight excluding hydrogens is 372 g/mol. The molecule has 0 heterocycles. The van der Waals surface area contributed by atoms with E-state index in [1.54, 1.807) is 42.5 Å². The summed E-state index contributed by atoms with van der Waals surface area (Å²) in [6.45, 7) is 2.12. The van der Waals surface area contributed by atoms with E-state index in [1.807, 2.05) is 43.3 Å². The first-order chi connectivity index (χ1) is 13.5. The quantitative estimate of drug-likeness (QED) is 0.564. The van der Waals surface area contributed by atoms with Crippen molar-refractivity contribution in [2.45, 2.75) is 13.0 Å². The fourth-order valence-corrected chi connectivity index (χ4v) is 3.03. The highest BCUT2D eigenvalue weighted by Gasteiger charge is 2.16. The number of amides is 1. The van der Waals surface area contributed by atoms with Gasteiger partial charge in [-0.15, -0.1) is 0 Å². The maximum Gasteiger partial charge on any atom is 0.238 e. The lowest BCUT2D eigenvalue weighted by molar-refractivity contribution is -0.115. The van der Waals surface area contributed by atoms with Crippen molar-refractivity contribution in [2.24, 2.45) is 0 Å². The van der Waals surface area contributed by atoms with Crippen LogP contribution in [-0.4, -0.2) is 18.2 Å². The lowest BCUT2D eigenvalue weighted by Gasteiger charge is -2.15. The molecule has 142 valence electrons. The van der Waals surface area contributed by atoms with Gasteiger partial charge in [0.2, 0.25) is 5.91 Å². The van der Waals surface area contributed by atoms with Gasteiger partial charge in [-0.1, -0.05) is 72.3 Å². The topological polar surface area (TPSA) is 58.2 Å². The molecule has 0 saturated heterocycles. The smallest absolute Gasteiger partial charge is 0.238 e. The van der Waals surface area contributed by atoms with Crippen molar-refractivity contribution >= 4 is 29.0 Å². The molecular formula is C23H21ClN2O2. The number of halogens is 1. The Bertz CT molecular complexity index is 959. The number of carbonyl (C=O) groups is 2. The number of benzene rings is 3. The summed E-state index contributed by atoms with van der Waals surface area (Å²) >= 11 is 6.08. The number of hydrogen-bond acceptors (Lipinski definition) is 3. The largest absolute Gasteiger partial charge is 0.324 e. The van der Waals surface area contributed by atoms with Crippen molar-refractivity contribution in [1.29, 1.82) is 0 Å². The van der Waals surface area contributed by atoms with Gasteiger partial charge >= 0.3 is 0 Å². The summed E-state index contributed by atoms with van der Waals surface area (Å²) in [5.41, 5.74) is 2.44. The van der Waals surface area contributed by atoms with Gasteiger partial charge in [0.25, 0.3) is 0 Å². The molecule has 0 aliphatic rings. The summed E-state index contributed by atoms with van der Waals surface area (Å²) in [5, 5.41) is 6.44. The van der Waals surface area contributed by atoms with Crippen molar-refractivity contribution in [3.05, 3.63) is 101 Å². The van der Waals surface area contributed by atoms with Gasteiger partial charge in [0, 0.05) is 22.2 Å². The molecule has 1 amide bonds. The summed E-state index contributed by atoms with van der Waals surface area (Å²) in [6.07, 6.45) is 0. The zero-order valence-electron chi connectivity index (χ0n) is 15.5. The van der Waals surface area contributed by atoms with Gasteiger partial charge in [0.15, 0.2) is 5.78 Å². The Kier molecular flexibility index (Phi) is 6.58. The molecule has 0 fully saturated rings. The fraction of sp³-hybridized carbons (Fsp3) is 0.130. The number of rotatable bonds is 7. The number of ketones is 1. The summed E-state index contributed by atoms with van der Waals surface area (Å²) in [7, 11) is 0. The van der Waals surface area contributed by atoms with Gasteiger partial charge in [0.1, 0.15) is 0 Å². The summed E-state index contributed by atoms with van der Waals surface area (Å²) in [5.74, 6) is -0.420. The van der Waals surface area contributed by atoms with Crippen LogP contribution in [0.4, 0.5) is 5.69 Å². The maximum atomic E-state index is 12.8. The number of hydrogen-bond donors (Lipinski definition) is 2. The van der Waals surface area contributed by atoms with Crippen molar-refractivity contribution in [1.82, 2.24) is 5.32 Å². The molecule has 5 heteroatoms. The molecule has 0 aliphatic heterocycles. The van der Waals surface area contributed by atoms with E-state index >= 15 is 0 Å². The molecule has 0 aliphatic carbocycles. The van der Waals surface area contributed by atoms with E-state index in [9.17, 15) is 9.59 Å². The van der Waals surface area contributed by atoms with Gasteiger partial charge < -0.3 is 10.6 Å². The third-order valence-electron chi connectivity index (χ3n) is 4.40. The van der Waals surface area contributed by atoms with Gasteiger partial charge in [-0.25, -0.2) is 0 Å². The number of nitrogens with one attached hydrogen (secondary N) is 2. The highest BCUT2D eigenvalue weighted by molar-refractivity contribution is 6.31. The van der Waals surface area contributed by atoms with Crippen molar-refractivity contribution in [3.8, 4) is 0 Å².